The van der Waals surface area contributed by atoms with Gasteiger partial charge in [-0.2, -0.15) is 0 Å². The van der Waals surface area contributed by atoms with Gasteiger partial charge in [-0.3, -0.25) is 9.69 Å². The number of hydrogen-bond donors (Lipinski definition) is 1. The molecule has 0 aromatic rings. The summed E-state index contributed by atoms with van der Waals surface area (Å²) in [6.45, 7) is 2.95. The van der Waals surface area contributed by atoms with Crippen molar-refractivity contribution in [3.05, 3.63) is 0 Å². The molecule has 0 radical (unpaired) electrons. The SMILES string of the molecule is CCC(=O)CN1C(=O)OC(C)C1C(=O)O. The third-order valence-corrected chi connectivity index (χ3v) is 2.30. The minimum Gasteiger partial charge on any atom is -0.480 e. The Morgan fingerprint density at radius 3 is 2.60 bits per heavy atom. The van der Waals surface area contributed by atoms with Crippen LogP contribution in [0.2, 0.25) is 0 Å². The maximum atomic E-state index is 11.2. The van der Waals surface area contributed by atoms with E-state index in [2.05, 4.69) is 0 Å². The number of ketones is 1. The Morgan fingerprint density at radius 2 is 2.13 bits per heavy atom. The summed E-state index contributed by atoms with van der Waals surface area (Å²) < 4.78 is 4.75. The molecule has 0 saturated carbocycles. The van der Waals surface area contributed by atoms with E-state index in [4.69, 9.17) is 9.84 Å². The first-order valence-electron chi connectivity index (χ1n) is 4.69. The van der Waals surface area contributed by atoms with E-state index >= 15 is 0 Å². The Bertz CT molecular complexity index is 301. The van der Waals surface area contributed by atoms with Crippen LogP contribution in [0.4, 0.5) is 4.79 Å². The molecular formula is C9H13NO5. The van der Waals surface area contributed by atoms with Gasteiger partial charge in [0.25, 0.3) is 0 Å². The standard InChI is InChI=1S/C9H13NO5/c1-3-6(11)4-10-7(8(12)13)5(2)15-9(10)14/h5,7H,3-4H2,1-2H3,(H,12,13). The summed E-state index contributed by atoms with van der Waals surface area (Å²) in [6.07, 6.45) is -1.19. The molecule has 1 N–H and O–H groups in total. The number of carboxylic acid groups (broad SMARTS) is 1. The molecule has 1 amide bonds. The number of rotatable bonds is 4. The molecule has 0 aromatic carbocycles. The molecule has 2 atom stereocenters. The lowest BCUT2D eigenvalue weighted by Gasteiger charge is -2.18. The zero-order valence-corrected chi connectivity index (χ0v) is 8.60. The van der Waals surface area contributed by atoms with E-state index in [1.807, 2.05) is 0 Å². The van der Waals surface area contributed by atoms with Crippen molar-refractivity contribution in [1.29, 1.82) is 0 Å². The molecule has 1 fully saturated rings. The highest BCUT2D eigenvalue weighted by Crippen LogP contribution is 2.19. The highest BCUT2D eigenvalue weighted by atomic mass is 16.6. The number of cyclic esters (lactones) is 1. The maximum Gasteiger partial charge on any atom is 0.411 e. The first-order chi connectivity index (χ1) is 6.97. The Morgan fingerprint density at radius 1 is 1.53 bits per heavy atom. The monoisotopic (exact) mass is 215 g/mol. The van der Waals surface area contributed by atoms with Crippen molar-refractivity contribution in [2.75, 3.05) is 6.54 Å². The second-order valence-electron chi connectivity index (χ2n) is 3.39. The van der Waals surface area contributed by atoms with Crippen LogP contribution in [-0.4, -0.2) is 46.5 Å². The first-order valence-corrected chi connectivity index (χ1v) is 4.69. The predicted octanol–water partition coefficient (Wildman–Crippen LogP) is 0.259. The van der Waals surface area contributed by atoms with Gasteiger partial charge in [0, 0.05) is 6.42 Å². The fraction of sp³-hybridized carbons (Fsp3) is 0.667. The van der Waals surface area contributed by atoms with E-state index in [-0.39, 0.29) is 18.7 Å². The van der Waals surface area contributed by atoms with Gasteiger partial charge in [-0.1, -0.05) is 6.92 Å². The van der Waals surface area contributed by atoms with Crippen molar-refractivity contribution >= 4 is 17.8 Å². The van der Waals surface area contributed by atoms with Crippen molar-refractivity contribution in [2.24, 2.45) is 0 Å². The topological polar surface area (TPSA) is 83.9 Å². The number of ether oxygens (including phenoxy) is 1. The first kappa shape index (κ1) is 11.5. The van der Waals surface area contributed by atoms with E-state index in [1.54, 1.807) is 6.92 Å². The van der Waals surface area contributed by atoms with Crippen LogP contribution in [0.15, 0.2) is 0 Å². The average molecular weight is 215 g/mol. The van der Waals surface area contributed by atoms with E-state index in [9.17, 15) is 14.4 Å². The summed E-state index contributed by atoms with van der Waals surface area (Å²) in [5, 5.41) is 8.87. The maximum absolute atomic E-state index is 11.2. The van der Waals surface area contributed by atoms with Crippen molar-refractivity contribution < 1.29 is 24.2 Å². The number of aliphatic carboxylic acids is 1. The highest BCUT2D eigenvalue weighted by molar-refractivity contribution is 5.89. The molecule has 0 aromatic heterocycles. The molecule has 2 unspecified atom stereocenters. The van der Waals surface area contributed by atoms with E-state index in [0.29, 0.717) is 0 Å². The minimum absolute atomic E-state index is 0.188. The largest absolute Gasteiger partial charge is 0.480 e. The second-order valence-corrected chi connectivity index (χ2v) is 3.39. The Hall–Kier alpha value is -1.59. The molecule has 0 aliphatic carbocycles. The molecule has 84 valence electrons. The summed E-state index contributed by atoms with van der Waals surface area (Å²) in [7, 11) is 0. The molecule has 15 heavy (non-hydrogen) atoms. The fourth-order valence-corrected chi connectivity index (χ4v) is 1.46. The van der Waals surface area contributed by atoms with Gasteiger partial charge in [-0.05, 0) is 6.92 Å². The van der Waals surface area contributed by atoms with E-state index < -0.39 is 24.2 Å². The van der Waals surface area contributed by atoms with Crippen LogP contribution in [0.3, 0.4) is 0 Å². The third-order valence-electron chi connectivity index (χ3n) is 2.30. The van der Waals surface area contributed by atoms with Crippen LogP contribution >= 0.6 is 0 Å². The number of nitrogens with zero attached hydrogens (tertiary/aromatic N) is 1. The number of carboxylic acids is 1. The molecular weight excluding hydrogens is 202 g/mol. The lowest BCUT2D eigenvalue weighted by Crippen LogP contribution is -2.44. The van der Waals surface area contributed by atoms with Crippen molar-refractivity contribution in [2.45, 2.75) is 32.4 Å². The Kier molecular flexibility index (Phi) is 3.28. The van der Waals surface area contributed by atoms with Gasteiger partial charge >= 0.3 is 12.1 Å². The molecule has 1 rings (SSSR count). The van der Waals surface area contributed by atoms with Crippen LogP contribution in [0, 0.1) is 0 Å². The number of amides is 1. The van der Waals surface area contributed by atoms with Gasteiger partial charge in [0.15, 0.2) is 11.8 Å². The quantitative estimate of drug-likeness (QED) is 0.727. The van der Waals surface area contributed by atoms with Crippen molar-refractivity contribution in [3.8, 4) is 0 Å². The third kappa shape index (κ3) is 2.26. The van der Waals surface area contributed by atoms with E-state index in [0.717, 1.165) is 4.90 Å². The van der Waals surface area contributed by atoms with Crippen LogP contribution < -0.4 is 0 Å². The van der Waals surface area contributed by atoms with Crippen LogP contribution in [0.25, 0.3) is 0 Å². The number of carbonyl (C=O) groups excluding carboxylic acids is 2. The zero-order chi connectivity index (χ0) is 11.6. The van der Waals surface area contributed by atoms with Crippen molar-refractivity contribution in [1.82, 2.24) is 4.90 Å². The Balaban J connectivity index is 2.79. The van der Waals surface area contributed by atoms with Gasteiger partial charge in [0.1, 0.15) is 6.10 Å². The summed E-state index contributed by atoms with van der Waals surface area (Å²) in [4.78, 5) is 34.2. The van der Waals surface area contributed by atoms with Gasteiger partial charge in [0.2, 0.25) is 0 Å². The summed E-state index contributed by atoms with van der Waals surface area (Å²) in [5.41, 5.74) is 0. The van der Waals surface area contributed by atoms with Crippen LogP contribution in [0.1, 0.15) is 20.3 Å². The van der Waals surface area contributed by atoms with Crippen LogP contribution in [0.5, 0.6) is 0 Å². The van der Waals surface area contributed by atoms with E-state index in [1.165, 1.54) is 6.92 Å². The second kappa shape index (κ2) is 4.29. The highest BCUT2D eigenvalue weighted by Gasteiger charge is 2.44. The molecule has 0 bridgehead atoms. The summed E-state index contributed by atoms with van der Waals surface area (Å²) in [5.74, 6) is -1.34. The lowest BCUT2D eigenvalue weighted by atomic mass is 10.1. The van der Waals surface area contributed by atoms with Crippen LogP contribution in [-0.2, 0) is 14.3 Å². The molecule has 1 saturated heterocycles. The average Bonchev–Trinajstić information content (AvgIpc) is 2.41. The van der Waals surface area contributed by atoms with Gasteiger partial charge in [0.05, 0.1) is 6.54 Å². The fourth-order valence-electron chi connectivity index (χ4n) is 1.46. The Labute approximate surface area is 86.8 Å². The smallest absolute Gasteiger partial charge is 0.411 e. The molecule has 1 heterocycles. The molecule has 6 nitrogen and oxygen atoms in total. The number of Topliss-reactive ketones (excluding diaryl/α,β-unsaturated/α-hetero) is 1. The molecule has 1 aliphatic rings. The normalized spacial score (nSPS) is 25.2. The summed E-state index contributed by atoms with van der Waals surface area (Å²) >= 11 is 0. The van der Waals surface area contributed by atoms with Gasteiger partial charge in [-0.25, -0.2) is 9.59 Å². The molecule has 0 spiro atoms. The van der Waals surface area contributed by atoms with Gasteiger partial charge in [-0.15, -0.1) is 0 Å². The van der Waals surface area contributed by atoms with Crippen molar-refractivity contribution in [3.63, 3.8) is 0 Å². The lowest BCUT2D eigenvalue weighted by molar-refractivity contribution is -0.142. The number of carbonyl (C=O) groups is 3. The van der Waals surface area contributed by atoms with Gasteiger partial charge < -0.3 is 9.84 Å². The zero-order valence-electron chi connectivity index (χ0n) is 8.60. The number of hydrogen-bond acceptors (Lipinski definition) is 4. The summed E-state index contributed by atoms with van der Waals surface area (Å²) in [6, 6.07) is -1.06. The predicted molar refractivity (Wildman–Crippen MR) is 49.4 cm³/mol. The minimum atomic E-state index is -1.16. The molecule has 1 aliphatic heterocycles. The molecule has 6 heteroatoms.